The maximum Gasteiger partial charge on any atom is 0.264 e. The predicted octanol–water partition coefficient (Wildman–Crippen LogP) is 6.28. The van der Waals surface area contributed by atoms with Crippen LogP contribution < -0.4 is 9.62 Å². The van der Waals surface area contributed by atoms with Gasteiger partial charge in [-0.3, -0.25) is 13.9 Å². The molecular weight excluding hydrogens is 581 g/mol. The van der Waals surface area contributed by atoms with Gasteiger partial charge in [-0.15, -0.1) is 0 Å². The quantitative estimate of drug-likeness (QED) is 0.291. The number of hydrogen-bond donors (Lipinski definition) is 1. The zero-order chi connectivity index (χ0) is 29.7. The number of benzene rings is 3. The minimum absolute atomic E-state index is 0.00124. The first kappa shape index (κ1) is 30.9. The van der Waals surface area contributed by atoms with Crippen molar-refractivity contribution in [3.63, 3.8) is 0 Å². The summed E-state index contributed by atoms with van der Waals surface area (Å²) < 4.78 is 29.0. The van der Waals surface area contributed by atoms with E-state index in [0.717, 1.165) is 46.7 Å². The molecule has 0 aromatic heterocycles. The summed E-state index contributed by atoms with van der Waals surface area (Å²) >= 11 is 12.2. The van der Waals surface area contributed by atoms with Crippen LogP contribution in [0.5, 0.6) is 0 Å². The number of amides is 2. The molecule has 0 heterocycles. The first-order valence-corrected chi connectivity index (χ1v) is 15.8. The van der Waals surface area contributed by atoms with Crippen molar-refractivity contribution in [3.8, 4) is 0 Å². The van der Waals surface area contributed by atoms with Gasteiger partial charge in [0, 0.05) is 22.6 Å². The molecule has 1 aliphatic carbocycles. The van der Waals surface area contributed by atoms with Crippen LogP contribution in [-0.4, -0.2) is 43.8 Å². The highest BCUT2D eigenvalue weighted by Crippen LogP contribution is 2.27. The number of sulfonamides is 1. The van der Waals surface area contributed by atoms with Gasteiger partial charge in [-0.25, -0.2) is 8.42 Å². The normalized spacial score (nSPS) is 14.5. The molecule has 7 nitrogen and oxygen atoms in total. The maximum absolute atomic E-state index is 14.1. The third-order valence-corrected chi connectivity index (χ3v) is 9.84. The maximum atomic E-state index is 14.1. The van der Waals surface area contributed by atoms with E-state index >= 15 is 0 Å². The Bertz CT molecular complexity index is 1510. The van der Waals surface area contributed by atoms with E-state index in [1.165, 1.54) is 29.2 Å². The third-order valence-electron chi connectivity index (χ3n) is 7.57. The van der Waals surface area contributed by atoms with Gasteiger partial charge in [-0.05, 0) is 98.8 Å². The smallest absolute Gasteiger partial charge is 0.264 e. The van der Waals surface area contributed by atoms with Gasteiger partial charge in [0.05, 0.1) is 10.6 Å². The van der Waals surface area contributed by atoms with Crippen LogP contribution in [0.3, 0.4) is 0 Å². The first-order chi connectivity index (χ1) is 19.5. The van der Waals surface area contributed by atoms with Crippen LogP contribution in [0.1, 0.15) is 49.3 Å². The van der Waals surface area contributed by atoms with Crippen LogP contribution in [0.4, 0.5) is 5.69 Å². The lowest BCUT2D eigenvalue weighted by Crippen LogP contribution is -2.52. The van der Waals surface area contributed by atoms with Crippen molar-refractivity contribution < 1.29 is 18.0 Å². The monoisotopic (exact) mass is 615 g/mol. The minimum Gasteiger partial charge on any atom is -0.352 e. The number of hydrogen-bond acceptors (Lipinski definition) is 4. The van der Waals surface area contributed by atoms with Gasteiger partial charge in [-0.2, -0.15) is 0 Å². The zero-order valence-corrected chi connectivity index (χ0v) is 25.8. The van der Waals surface area contributed by atoms with Crippen molar-refractivity contribution in [1.29, 1.82) is 0 Å². The average molecular weight is 617 g/mol. The first-order valence-electron chi connectivity index (χ1n) is 13.7. The molecule has 0 spiro atoms. The zero-order valence-electron chi connectivity index (χ0n) is 23.4. The summed E-state index contributed by atoms with van der Waals surface area (Å²) in [6, 6.07) is 17.3. The van der Waals surface area contributed by atoms with Crippen molar-refractivity contribution >= 4 is 50.7 Å². The van der Waals surface area contributed by atoms with Gasteiger partial charge in [0.1, 0.15) is 12.6 Å². The second-order valence-electron chi connectivity index (χ2n) is 10.6. The number of rotatable bonds is 10. The molecule has 4 rings (SSSR count). The Balaban J connectivity index is 1.70. The Hall–Kier alpha value is -3.07. The summed E-state index contributed by atoms with van der Waals surface area (Å²) in [4.78, 5) is 28.8. The van der Waals surface area contributed by atoms with E-state index in [-0.39, 0.29) is 23.4 Å². The lowest BCUT2D eigenvalue weighted by atomic mass is 10.1. The molecule has 3 aromatic rings. The van der Waals surface area contributed by atoms with Crippen molar-refractivity contribution in [1.82, 2.24) is 10.2 Å². The van der Waals surface area contributed by atoms with Gasteiger partial charge in [0.15, 0.2) is 0 Å². The van der Waals surface area contributed by atoms with E-state index in [4.69, 9.17) is 23.2 Å². The summed E-state index contributed by atoms with van der Waals surface area (Å²) in [5, 5.41) is 3.96. The molecule has 0 saturated heterocycles. The Labute approximate surface area is 252 Å². The minimum atomic E-state index is -4.17. The standard InChI is InChI=1S/C31H35Cl2N3O4S/c1-21-11-14-28(17-22(21)2)36(41(39,40)29-15-12-25(32)13-16-29)20-30(37)35(19-24-7-6-8-26(33)18-24)23(3)31(38)34-27-9-4-5-10-27/h6-8,11-18,23,27H,4-5,9-10,19-20H2,1-3H3,(H,34,38). The van der Waals surface area contributed by atoms with Crippen LogP contribution in [0.2, 0.25) is 10.0 Å². The number of halogens is 2. The van der Waals surface area contributed by atoms with Crippen molar-refractivity contribution in [2.75, 3.05) is 10.8 Å². The van der Waals surface area contributed by atoms with Crippen molar-refractivity contribution in [2.45, 2.75) is 70.0 Å². The highest BCUT2D eigenvalue weighted by atomic mass is 35.5. The van der Waals surface area contributed by atoms with Crippen LogP contribution in [0.15, 0.2) is 71.6 Å². The van der Waals surface area contributed by atoms with E-state index < -0.39 is 28.5 Å². The molecule has 1 aliphatic rings. The molecule has 218 valence electrons. The molecule has 1 fully saturated rings. The Morgan fingerprint density at radius 1 is 0.927 bits per heavy atom. The summed E-state index contributed by atoms with van der Waals surface area (Å²) in [7, 11) is -4.17. The number of carbonyl (C=O) groups is 2. The molecule has 1 unspecified atom stereocenters. The molecule has 1 saturated carbocycles. The van der Waals surface area contributed by atoms with Crippen molar-refractivity contribution in [3.05, 3.63) is 93.5 Å². The predicted molar refractivity (Wildman–Crippen MR) is 164 cm³/mol. The van der Waals surface area contributed by atoms with Gasteiger partial charge >= 0.3 is 0 Å². The third kappa shape index (κ3) is 7.61. The Morgan fingerprint density at radius 3 is 2.24 bits per heavy atom. The summed E-state index contributed by atoms with van der Waals surface area (Å²) in [5.74, 6) is -0.791. The highest BCUT2D eigenvalue weighted by molar-refractivity contribution is 7.92. The molecule has 0 aliphatic heterocycles. The van der Waals surface area contributed by atoms with Crippen LogP contribution in [-0.2, 0) is 26.2 Å². The summed E-state index contributed by atoms with van der Waals surface area (Å²) in [5.41, 5.74) is 2.95. The molecule has 3 aromatic carbocycles. The number of nitrogens with one attached hydrogen (secondary N) is 1. The van der Waals surface area contributed by atoms with Crippen LogP contribution in [0, 0.1) is 13.8 Å². The molecule has 0 radical (unpaired) electrons. The molecule has 0 bridgehead atoms. The lowest BCUT2D eigenvalue weighted by Gasteiger charge is -2.32. The summed E-state index contributed by atoms with van der Waals surface area (Å²) in [6.07, 6.45) is 3.91. The number of anilines is 1. The number of nitrogens with zero attached hydrogens (tertiary/aromatic N) is 2. The molecule has 41 heavy (non-hydrogen) atoms. The SMILES string of the molecule is Cc1ccc(N(CC(=O)N(Cc2cccc(Cl)c2)C(C)C(=O)NC2CCCC2)S(=O)(=O)c2ccc(Cl)cc2)cc1C. The van der Waals surface area contributed by atoms with E-state index in [0.29, 0.717) is 15.7 Å². The Morgan fingerprint density at radius 2 is 1.61 bits per heavy atom. The van der Waals surface area contributed by atoms with Gasteiger partial charge in [-0.1, -0.05) is 54.2 Å². The lowest BCUT2D eigenvalue weighted by molar-refractivity contribution is -0.139. The van der Waals surface area contributed by atoms with E-state index in [9.17, 15) is 18.0 Å². The summed E-state index contributed by atoms with van der Waals surface area (Å²) in [6.45, 7) is 5.06. The average Bonchev–Trinajstić information content (AvgIpc) is 3.44. The molecule has 10 heteroatoms. The molecular formula is C31H35Cl2N3O4S. The fourth-order valence-corrected chi connectivity index (χ4v) is 6.69. The fraction of sp³-hybridized carbons (Fsp3) is 0.355. The molecule has 1 N–H and O–H groups in total. The molecule has 2 amide bonds. The number of carbonyl (C=O) groups excluding carboxylic acids is 2. The fourth-order valence-electron chi connectivity index (χ4n) is 4.95. The van der Waals surface area contributed by atoms with Crippen LogP contribution >= 0.6 is 23.2 Å². The van der Waals surface area contributed by atoms with Crippen molar-refractivity contribution in [2.24, 2.45) is 0 Å². The van der Waals surface area contributed by atoms with Gasteiger partial charge in [0.25, 0.3) is 10.0 Å². The van der Waals surface area contributed by atoms with Gasteiger partial charge in [0.2, 0.25) is 11.8 Å². The van der Waals surface area contributed by atoms with Gasteiger partial charge < -0.3 is 10.2 Å². The van der Waals surface area contributed by atoms with Crippen LogP contribution in [0.25, 0.3) is 0 Å². The number of aryl methyl sites for hydroxylation is 2. The van der Waals surface area contributed by atoms with E-state index in [2.05, 4.69) is 5.32 Å². The second kappa shape index (κ2) is 13.3. The largest absolute Gasteiger partial charge is 0.352 e. The molecule has 1 atom stereocenters. The van der Waals surface area contributed by atoms with E-state index in [1.54, 1.807) is 37.3 Å². The topological polar surface area (TPSA) is 86.8 Å². The van der Waals surface area contributed by atoms with E-state index in [1.807, 2.05) is 26.0 Å². The Kier molecular flexibility index (Phi) is 10.00. The highest BCUT2D eigenvalue weighted by Gasteiger charge is 2.33. The second-order valence-corrected chi connectivity index (χ2v) is 13.3.